The smallest absolute Gasteiger partial charge is 0.256 e. The van der Waals surface area contributed by atoms with Gasteiger partial charge in [0, 0.05) is 0 Å². The second-order valence-corrected chi connectivity index (χ2v) is 5.10. The average Bonchev–Trinajstić information content (AvgIpc) is 2.78. The van der Waals surface area contributed by atoms with E-state index in [1.54, 1.807) is 0 Å². The van der Waals surface area contributed by atoms with E-state index in [1.807, 2.05) is 0 Å². The minimum Gasteiger partial charge on any atom is -0.394 e. The SMILES string of the molecule is O=C(NC1(CO)CCCC1)c1c(F)cccc1Cl. The van der Waals surface area contributed by atoms with Crippen LogP contribution in [0.3, 0.4) is 0 Å². The molecule has 1 amide bonds. The monoisotopic (exact) mass is 271 g/mol. The van der Waals surface area contributed by atoms with Crippen molar-refractivity contribution in [2.75, 3.05) is 6.61 Å². The van der Waals surface area contributed by atoms with Crippen LogP contribution >= 0.6 is 11.6 Å². The van der Waals surface area contributed by atoms with E-state index in [-0.39, 0.29) is 17.2 Å². The van der Waals surface area contributed by atoms with Gasteiger partial charge in [-0.1, -0.05) is 30.5 Å². The van der Waals surface area contributed by atoms with Gasteiger partial charge in [0.25, 0.3) is 5.91 Å². The molecule has 0 bridgehead atoms. The molecule has 18 heavy (non-hydrogen) atoms. The maximum Gasteiger partial charge on any atom is 0.256 e. The molecule has 2 rings (SSSR count). The van der Waals surface area contributed by atoms with Gasteiger partial charge in [0.05, 0.1) is 22.7 Å². The fourth-order valence-corrected chi connectivity index (χ4v) is 2.64. The number of halogens is 2. The van der Waals surface area contributed by atoms with Crippen molar-refractivity contribution < 1.29 is 14.3 Å². The van der Waals surface area contributed by atoms with Crippen molar-refractivity contribution in [1.82, 2.24) is 5.32 Å². The third-order valence-electron chi connectivity index (χ3n) is 3.43. The summed E-state index contributed by atoms with van der Waals surface area (Å²) in [5.74, 6) is -1.21. The Kier molecular flexibility index (Phi) is 3.88. The number of benzene rings is 1. The Bertz CT molecular complexity index is 438. The molecule has 0 heterocycles. The van der Waals surface area contributed by atoms with Crippen LogP contribution in [0.1, 0.15) is 36.0 Å². The summed E-state index contributed by atoms with van der Waals surface area (Å²) < 4.78 is 13.6. The van der Waals surface area contributed by atoms with Crippen molar-refractivity contribution in [3.05, 3.63) is 34.6 Å². The van der Waals surface area contributed by atoms with Crippen molar-refractivity contribution in [1.29, 1.82) is 0 Å². The van der Waals surface area contributed by atoms with Gasteiger partial charge in [-0.2, -0.15) is 0 Å². The number of hydrogen-bond donors (Lipinski definition) is 2. The number of carbonyl (C=O) groups is 1. The van der Waals surface area contributed by atoms with E-state index in [0.29, 0.717) is 12.8 Å². The van der Waals surface area contributed by atoms with Gasteiger partial charge in [-0.15, -0.1) is 0 Å². The number of nitrogens with one attached hydrogen (secondary N) is 1. The lowest BCUT2D eigenvalue weighted by Crippen LogP contribution is -2.49. The first-order valence-electron chi connectivity index (χ1n) is 5.95. The molecule has 1 aromatic rings. The van der Waals surface area contributed by atoms with E-state index in [1.165, 1.54) is 18.2 Å². The van der Waals surface area contributed by atoms with Crippen molar-refractivity contribution in [2.45, 2.75) is 31.2 Å². The fraction of sp³-hybridized carbons (Fsp3) is 0.462. The lowest BCUT2D eigenvalue weighted by molar-refractivity contribution is 0.0834. The van der Waals surface area contributed by atoms with Gasteiger partial charge in [0.1, 0.15) is 5.82 Å². The molecule has 1 aliphatic carbocycles. The summed E-state index contributed by atoms with van der Waals surface area (Å²) in [6, 6.07) is 4.12. The van der Waals surface area contributed by atoms with Gasteiger partial charge in [0.15, 0.2) is 0 Å². The van der Waals surface area contributed by atoms with Crippen molar-refractivity contribution >= 4 is 17.5 Å². The third-order valence-corrected chi connectivity index (χ3v) is 3.75. The van der Waals surface area contributed by atoms with Crippen LogP contribution in [0, 0.1) is 5.82 Å². The van der Waals surface area contributed by atoms with Gasteiger partial charge < -0.3 is 10.4 Å². The fourth-order valence-electron chi connectivity index (χ4n) is 2.39. The van der Waals surface area contributed by atoms with Gasteiger partial charge in [0.2, 0.25) is 0 Å². The second-order valence-electron chi connectivity index (χ2n) is 4.70. The predicted molar refractivity (Wildman–Crippen MR) is 67.2 cm³/mol. The molecule has 0 aromatic heterocycles. The number of hydrogen-bond acceptors (Lipinski definition) is 2. The molecule has 0 unspecified atom stereocenters. The van der Waals surface area contributed by atoms with E-state index in [0.717, 1.165) is 12.8 Å². The molecule has 0 radical (unpaired) electrons. The molecule has 1 aliphatic rings. The zero-order valence-corrected chi connectivity index (χ0v) is 10.6. The van der Waals surface area contributed by atoms with Crippen LogP contribution in [-0.4, -0.2) is 23.2 Å². The highest BCUT2D eigenvalue weighted by Crippen LogP contribution is 2.30. The van der Waals surface area contributed by atoms with Crippen LogP contribution in [0.4, 0.5) is 4.39 Å². The number of rotatable bonds is 3. The van der Waals surface area contributed by atoms with Crippen LogP contribution < -0.4 is 5.32 Å². The van der Waals surface area contributed by atoms with Crippen LogP contribution in [0.25, 0.3) is 0 Å². The Labute approximate surface area is 110 Å². The molecule has 0 atom stereocenters. The standard InChI is InChI=1S/C13H15ClFNO2/c14-9-4-3-5-10(15)11(9)12(18)16-13(8-17)6-1-2-7-13/h3-5,17H,1-2,6-8H2,(H,16,18). The summed E-state index contributed by atoms with van der Waals surface area (Å²) in [7, 11) is 0. The maximum atomic E-state index is 13.6. The second kappa shape index (κ2) is 5.24. The van der Waals surface area contributed by atoms with Crippen LogP contribution in [0.5, 0.6) is 0 Å². The van der Waals surface area contributed by atoms with Gasteiger partial charge in [-0.25, -0.2) is 4.39 Å². The molecule has 5 heteroatoms. The molecule has 98 valence electrons. The molecule has 0 saturated heterocycles. The summed E-state index contributed by atoms with van der Waals surface area (Å²) in [5, 5.41) is 12.2. The topological polar surface area (TPSA) is 49.3 Å². The van der Waals surface area contributed by atoms with Crippen LogP contribution in [-0.2, 0) is 0 Å². The van der Waals surface area contributed by atoms with E-state index in [4.69, 9.17) is 11.6 Å². The molecule has 1 saturated carbocycles. The zero-order chi connectivity index (χ0) is 13.2. The Morgan fingerprint density at radius 2 is 2.11 bits per heavy atom. The van der Waals surface area contributed by atoms with E-state index < -0.39 is 17.3 Å². The van der Waals surface area contributed by atoms with Crippen LogP contribution in [0.15, 0.2) is 18.2 Å². The summed E-state index contributed by atoms with van der Waals surface area (Å²) in [5.41, 5.74) is -0.776. The van der Waals surface area contributed by atoms with Crippen molar-refractivity contribution in [3.63, 3.8) is 0 Å². The molecule has 1 fully saturated rings. The molecule has 1 aromatic carbocycles. The molecule has 2 N–H and O–H groups in total. The quantitative estimate of drug-likeness (QED) is 0.887. The van der Waals surface area contributed by atoms with E-state index >= 15 is 0 Å². The first kappa shape index (κ1) is 13.3. The first-order valence-corrected chi connectivity index (χ1v) is 6.33. The first-order chi connectivity index (χ1) is 8.58. The van der Waals surface area contributed by atoms with Crippen molar-refractivity contribution in [3.8, 4) is 0 Å². The highest BCUT2D eigenvalue weighted by atomic mass is 35.5. The van der Waals surface area contributed by atoms with Crippen LogP contribution in [0.2, 0.25) is 5.02 Å². The summed E-state index contributed by atoms with van der Waals surface area (Å²) in [6.07, 6.45) is 3.32. The molecule has 0 spiro atoms. The summed E-state index contributed by atoms with van der Waals surface area (Å²) in [6.45, 7) is -0.134. The summed E-state index contributed by atoms with van der Waals surface area (Å²) >= 11 is 5.84. The molecule has 3 nitrogen and oxygen atoms in total. The van der Waals surface area contributed by atoms with Gasteiger partial charge in [-0.3, -0.25) is 4.79 Å². The normalized spacial score (nSPS) is 17.7. The molecular weight excluding hydrogens is 257 g/mol. The lowest BCUT2D eigenvalue weighted by atomic mass is 9.98. The minimum absolute atomic E-state index is 0.0820. The highest BCUT2D eigenvalue weighted by Gasteiger charge is 2.35. The number of amides is 1. The number of aliphatic hydroxyl groups excluding tert-OH is 1. The Morgan fingerprint density at radius 1 is 1.44 bits per heavy atom. The predicted octanol–water partition coefficient (Wildman–Crippen LogP) is 2.51. The number of aliphatic hydroxyl groups is 1. The zero-order valence-electron chi connectivity index (χ0n) is 9.88. The lowest BCUT2D eigenvalue weighted by Gasteiger charge is -2.28. The van der Waals surface area contributed by atoms with E-state index in [9.17, 15) is 14.3 Å². The number of carbonyl (C=O) groups excluding carboxylic acids is 1. The largest absolute Gasteiger partial charge is 0.394 e. The molecule has 0 aliphatic heterocycles. The Hall–Kier alpha value is -1.13. The third kappa shape index (κ3) is 2.49. The van der Waals surface area contributed by atoms with Crippen molar-refractivity contribution in [2.24, 2.45) is 0 Å². The average molecular weight is 272 g/mol. The van der Waals surface area contributed by atoms with Gasteiger partial charge >= 0.3 is 0 Å². The van der Waals surface area contributed by atoms with E-state index in [2.05, 4.69) is 5.32 Å². The highest BCUT2D eigenvalue weighted by molar-refractivity contribution is 6.33. The Balaban J connectivity index is 2.22. The summed E-state index contributed by atoms with van der Waals surface area (Å²) in [4.78, 5) is 12.1. The maximum absolute atomic E-state index is 13.6. The minimum atomic E-state index is -0.647. The molecular formula is C13H15ClFNO2. The van der Waals surface area contributed by atoms with Gasteiger partial charge in [-0.05, 0) is 25.0 Å². The Morgan fingerprint density at radius 3 is 2.67 bits per heavy atom.